The van der Waals surface area contributed by atoms with Crippen molar-refractivity contribution in [2.75, 3.05) is 0 Å². The molecule has 1 aromatic carbocycles. The molecule has 0 aliphatic heterocycles. The molecule has 0 saturated heterocycles. The highest BCUT2D eigenvalue weighted by Crippen LogP contribution is 2.42. The average molecular weight is 532 g/mol. The molecule has 0 fully saturated rings. The second-order valence-electron chi connectivity index (χ2n) is 5.32. The number of hydrogen-bond acceptors (Lipinski definition) is 7. The molecular weight excluding hydrogens is 527 g/mol. The SMILES string of the molecule is O=C(O)Cc1c(S(=O)(=O)C(F)(F)F)cc(S(=O)(=O)C(F)(F)F)cc1S(=O)(=O)C(F)(F)F. The Morgan fingerprint density at radius 1 is 0.677 bits per heavy atom. The van der Waals surface area contributed by atoms with E-state index in [0.717, 1.165) is 0 Å². The molecule has 31 heavy (non-hydrogen) atoms. The first-order chi connectivity index (χ1) is 13.4. The van der Waals surface area contributed by atoms with Crippen LogP contribution in [-0.4, -0.2) is 52.9 Å². The van der Waals surface area contributed by atoms with E-state index in [1.165, 1.54) is 0 Å². The Balaban J connectivity index is 4.45. The number of carboxylic acid groups (broad SMARTS) is 1. The van der Waals surface area contributed by atoms with Gasteiger partial charge in [-0.25, -0.2) is 25.3 Å². The van der Waals surface area contributed by atoms with Crippen molar-refractivity contribution in [1.29, 1.82) is 0 Å². The third-order valence-corrected chi connectivity index (χ3v) is 7.84. The summed E-state index contributed by atoms with van der Waals surface area (Å²) in [6, 6.07) is -1.83. The van der Waals surface area contributed by atoms with Crippen molar-refractivity contribution in [2.24, 2.45) is 0 Å². The molecule has 1 rings (SSSR count). The summed E-state index contributed by atoms with van der Waals surface area (Å²) in [5.74, 6) is -2.40. The number of halogens is 9. The van der Waals surface area contributed by atoms with E-state index in [4.69, 9.17) is 5.11 Å². The molecule has 0 aliphatic rings. The van der Waals surface area contributed by atoms with Crippen LogP contribution in [-0.2, 0) is 40.7 Å². The molecule has 0 unspecified atom stereocenters. The van der Waals surface area contributed by atoms with Gasteiger partial charge in [-0.1, -0.05) is 0 Å². The van der Waals surface area contributed by atoms with Crippen LogP contribution in [0.15, 0.2) is 26.8 Å². The summed E-state index contributed by atoms with van der Waals surface area (Å²) >= 11 is 0. The van der Waals surface area contributed by atoms with Crippen molar-refractivity contribution >= 4 is 35.5 Å². The third kappa shape index (κ3) is 4.73. The van der Waals surface area contributed by atoms with Gasteiger partial charge in [0, 0.05) is 5.56 Å². The molecule has 178 valence electrons. The number of hydrogen-bond donors (Lipinski definition) is 1. The van der Waals surface area contributed by atoms with Crippen LogP contribution in [0, 0.1) is 0 Å². The first-order valence-corrected chi connectivity index (χ1v) is 11.2. The van der Waals surface area contributed by atoms with Gasteiger partial charge in [-0.2, -0.15) is 39.5 Å². The fourth-order valence-corrected chi connectivity index (χ4v) is 5.04. The van der Waals surface area contributed by atoms with Gasteiger partial charge < -0.3 is 5.11 Å². The molecule has 0 heterocycles. The van der Waals surface area contributed by atoms with E-state index in [9.17, 15) is 69.6 Å². The van der Waals surface area contributed by atoms with Gasteiger partial charge in [0.2, 0.25) is 0 Å². The fraction of sp³-hybridized carbons (Fsp3) is 0.364. The highest BCUT2D eigenvalue weighted by molar-refractivity contribution is 7.94. The summed E-state index contributed by atoms with van der Waals surface area (Å²) in [6.45, 7) is 0. The highest BCUT2D eigenvalue weighted by atomic mass is 32.2. The zero-order chi connectivity index (χ0) is 25.0. The first kappa shape index (κ1) is 26.9. The van der Waals surface area contributed by atoms with Crippen LogP contribution in [0.2, 0.25) is 0 Å². The Morgan fingerprint density at radius 2 is 0.968 bits per heavy atom. The maximum Gasteiger partial charge on any atom is 0.501 e. The first-order valence-electron chi connectivity index (χ1n) is 6.72. The molecule has 0 amide bonds. The molecule has 1 aromatic rings. The van der Waals surface area contributed by atoms with Crippen LogP contribution in [0.5, 0.6) is 0 Å². The lowest BCUT2D eigenvalue weighted by atomic mass is 10.1. The van der Waals surface area contributed by atoms with E-state index in [1.807, 2.05) is 0 Å². The van der Waals surface area contributed by atoms with Gasteiger partial charge >= 0.3 is 22.5 Å². The molecule has 0 bridgehead atoms. The van der Waals surface area contributed by atoms with Gasteiger partial charge in [0.25, 0.3) is 29.5 Å². The quantitative estimate of drug-likeness (QED) is 0.570. The number of benzene rings is 1. The van der Waals surface area contributed by atoms with Crippen LogP contribution in [0.25, 0.3) is 0 Å². The largest absolute Gasteiger partial charge is 0.501 e. The van der Waals surface area contributed by atoms with Crippen LogP contribution in [0.3, 0.4) is 0 Å². The highest BCUT2D eigenvalue weighted by Gasteiger charge is 2.54. The summed E-state index contributed by atoms with van der Waals surface area (Å²) in [4.78, 5) is 2.75. The van der Waals surface area contributed by atoms with E-state index in [2.05, 4.69) is 0 Å². The summed E-state index contributed by atoms with van der Waals surface area (Å²) in [5, 5.41) is 8.66. The molecule has 0 aliphatic carbocycles. The topological polar surface area (TPSA) is 140 Å². The molecule has 1 N–H and O–H groups in total. The summed E-state index contributed by atoms with van der Waals surface area (Å²) in [6.07, 6.45) is -2.18. The summed E-state index contributed by atoms with van der Waals surface area (Å²) in [7, 11) is -21.0. The minimum Gasteiger partial charge on any atom is -0.481 e. The van der Waals surface area contributed by atoms with Crippen molar-refractivity contribution in [1.82, 2.24) is 0 Å². The molecular formula is C11H5F9O8S3. The van der Waals surface area contributed by atoms with E-state index < -0.39 is 90.8 Å². The lowest BCUT2D eigenvalue weighted by Gasteiger charge is -2.19. The van der Waals surface area contributed by atoms with Crippen LogP contribution < -0.4 is 0 Å². The van der Waals surface area contributed by atoms with Gasteiger partial charge in [0.1, 0.15) is 0 Å². The third-order valence-electron chi connectivity index (χ3n) is 3.27. The van der Waals surface area contributed by atoms with E-state index >= 15 is 0 Å². The zero-order valence-corrected chi connectivity index (χ0v) is 16.2. The second kappa shape index (κ2) is 7.50. The maximum absolute atomic E-state index is 12.9. The van der Waals surface area contributed by atoms with E-state index in [-0.39, 0.29) is 0 Å². The second-order valence-corrected chi connectivity index (χ2v) is 11.1. The Morgan fingerprint density at radius 3 is 1.19 bits per heavy atom. The number of rotatable bonds is 5. The lowest BCUT2D eigenvalue weighted by Crippen LogP contribution is -2.30. The molecule has 0 radical (unpaired) electrons. The smallest absolute Gasteiger partial charge is 0.481 e. The number of sulfone groups is 3. The van der Waals surface area contributed by atoms with Crippen LogP contribution in [0.4, 0.5) is 39.5 Å². The van der Waals surface area contributed by atoms with Gasteiger partial charge in [-0.15, -0.1) is 0 Å². The number of aliphatic carboxylic acids is 1. The minimum atomic E-state index is -7.04. The maximum atomic E-state index is 12.9. The zero-order valence-electron chi connectivity index (χ0n) is 13.8. The predicted molar refractivity (Wildman–Crippen MR) is 77.5 cm³/mol. The molecule has 0 spiro atoms. The standard InChI is InChI=1S/C11H5F9O8S3/c12-9(13,14)29(23,24)4-1-6(30(25,26)10(15,16)17)5(3-8(21)22)7(2-4)31(27,28)11(18,19)20/h1-2H,3H2,(H,21,22). The van der Waals surface area contributed by atoms with Crippen molar-refractivity contribution in [3.05, 3.63) is 17.7 Å². The van der Waals surface area contributed by atoms with E-state index in [1.54, 1.807) is 0 Å². The van der Waals surface area contributed by atoms with Crippen LogP contribution in [0.1, 0.15) is 5.56 Å². The number of carbonyl (C=O) groups is 1. The Bertz CT molecular complexity index is 1160. The van der Waals surface area contributed by atoms with Crippen LogP contribution >= 0.6 is 0 Å². The molecule has 0 aromatic heterocycles. The fourth-order valence-electron chi connectivity index (χ4n) is 1.94. The number of alkyl halides is 9. The molecule has 8 nitrogen and oxygen atoms in total. The lowest BCUT2D eigenvalue weighted by molar-refractivity contribution is -0.136. The average Bonchev–Trinajstić information content (AvgIpc) is 2.50. The molecule has 20 heteroatoms. The van der Waals surface area contributed by atoms with E-state index in [0.29, 0.717) is 0 Å². The normalized spacial score (nSPS) is 14.5. The summed E-state index contributed by atoms with van der Waals surface area (Å²) < 4.78 is 185. The predicted octanol–water partition coefficient (Wildman–Crippen LogP) is 2.19. The molecule has 0 atom stereocenters. The van der Waals surface area contributed by atoms with Gasteiger partial charge in [0.05, 0.1) is 21.1 Å². The summed E-state index contributed by atoms with van der Waals surface area (Å²) in [5.41, 5.74) is -21.7. The Kier molecular flexibility index (Phi) is 6.52. The van der Waals surface area contributed by atoms with Crippen molar-refractivity contribution in [3.63, 3.8) is 0 Å². The van der Waals surface area contributed by atoms with Gasteiger partial charge in [0.15, 0.2) is 0 Å². The monoisotopic (exact) mass is 532 g/mol. The van der Waals surface area contributed by atoms with Crippen molar-refractivity contribution in [3.8, 4) is 0 Å². The Hall–Kier alpha value is -2.09. The van der Waals surface area contributed by atoms with Crippen molar-refractivity contribution in [2.45, 2.75) is 37.6 Å². The Labute approximate surface area is 166 Å². The molecule has 0 saturated carbocycles. The minimum absolute atomic E-state index is 0.917. The van der Waals surface area contributed by atoms with Gasteiger partial charge in [-0.05, 0) is 12.1 Å². The number of carboxylic acids is 1. The van der Waals surface area contributed by atoms with Gasteiger partial charge in [-0.3, -0.25) is 4.79 Å². The van der Waals surface area contributed by atoms with Crippen molar-refractivity contribution < 1.29 is 74.7 Å².